The van der Waals surface area contributed by atoms with Crippen LogP contribution in [-0.4, -0.2) is 19.8 Å². The van der Waals surface area contributed by atoms with Crippen molar-refractivity contribution in [2.45, 2.75) is 25.4 Å². The molecule has 0 aromatic heterocycles. The minimum Gasteiger partial charge on any atom is -0.244 e. The van der Waals surface area contributed by atoms with Crippen LogP contribution in [0, 0.1) is 5.92 Å². The van der Waals surface area contributed by atoms with E-state index in [4.69, 9.17) is 10.7 Å². The van der Waals surface area contributed by atoms with Crippen LogP contribution in [0.15, 0.2) is 0 Å². The van der Waals surface area contributed by atoms with Crippen molar-refractivity contribution in [3.8, 4) is 0 Å². The molecule has 0 aromatic rings. The van der Waals surface area contributed by atoms with Gasteiger partial charge in [0.25, 0.3) is 0 Å². The first-order valence-electron chi connectivity index (χ1n) is 3.40. The van der Waals surface area contributed by atoms with Gasteiger partial charge in [0.15, 0.2) is 0 Å². The predicted molar refractivity (Wildman–Crippen MR) is 41.9 cm³/mol. The Morgan fingerprint density at radius 2 is 2.09 bits per heavy atom. The molecule has 5 heteroatoms. The first kappa shape index (κ1) is 9.26. The van der Waals surface area contributed by atoms with E-state index in [9.17, 15) is 12.8 Å². The Morgan fingerprint density at radius 1 is 1.64 bits per heavy atom. The van der Waals surface area contributed by atoms with Gasteiger partial charge in [0.2, 0.25) is 9.05 Å². The van der Waals surface area contributed by atoms with E-state index in [-0.39, 0.29) is 11.7 Å². The molecule has 1 saturated carbocycles. The fraction of sp³-hybridized carbons (Fsp3) is 1.00. The Balaban J connectivity index is 2.36. The zero-order chi connectivity index (χ0) is 8.70. The van der Waals surface area contributed by atoms with Crippen LogP contribution in [0.5, 0.6) is 0 Å². The van der Waals surface area contributed by atoms with Gasteiger partial charge in [-0.1, -0.05) is 0 Å². The zero-order valence-electron chi connectivity index (χ0n) is 6.18. The van der Waals surface area contributed by atoms with Crippen LogP contribution in [-0.2, 0) is 9.05 Å². The lowest BCUT2D eigenvalue weighted by Crippen LogP contribution is -2.39. The second-order valence-electron chi connectivity index (χ2n) is 3.39. The molecule has 1 rings (SSSR count). The molecule has 1 aliphatic rings. The molecule has 0 bridgehead atoms. The molecule has 66 valence electrons. The van der Waals surface area contributed by atoms with Crippen LogP contribution in [0.1, 0.15) is 19.8 Å². The van der Waals surface area contributed by atoms with Crippen molar-refractivity contribution in [2.24, 2.45) is 5.92 Å². The normalized spacial score (nSPS) is 38.3. The fourth-order valence-corrected chi connectivity index (χ4v) is 2.88. The van der Waals surface area contributed by atoms with Gasteiger partial charge < -0.3 is 0 Å². The van der Waals surface area contributed by atoms with Crippen molar-refractivity contribution in [3.05, 3.63) is 0 Å². The van der Waals surface area contributed by atoms with Crippen molar-refractivity contribution in [2.75, 3.05) is 5.75 Å². The Bertz CT molecular complexity index is 239. The van der Waals surface area contributed by atoms with Crippen molar-refractivity contribution in [1.82, 2.24) is 0 Å². The van der Waals surface area contributed by atoms with Crippen LogP contribution in [0.3, 0.4) is 0 Å². The third-order valence-corrected chi connectivity index (χ3v) is 3.11. The fourth-order valence-electron chi connectivity index (χ4n) is 1.54. The zero-order valence-corrected chi connectivity index (χ0v) is 7.75. The Kier molecular flexibility index (Phi) is 2.18. The second-order valence-corrected chi connectivity index (χ2v) is 6.21. The standard InChI is InChI=1S/C6H10ClFO2S/c1-6(8)2-5(3-6)4-11(7,9)10/h5H,2-4H2,1H3. The van der Waals surface area contributed by atoms with Crippen molar-refractivity contribution < 1.29 is 12.8 Å². The first-order chi connectivity index (χ1) is 4.79. The van der Waals surface area contributed by atoms with Gasteiger partial charge in [-0.3, -0.25) is 0 Å². The minimum absolute atomic E-state index is 0.0764. The maximum atomic E-state index is 12.8. The van der Waals surface area contributed by atoms with E-state index in [1.54, 1.807) is 0 Å². The summed E-state index contributed by atoms with van der Waals surface area (Å²) in [6.45, 7) is 1.48. The first-order valence-corrected chi connectivity index (χ1v) is 5.88. The summed E-state index contributed by atoms with van der Waals surface area (Å²) in [7, 11) is 1.55. The van der Waals surface area contributed by atoms with Gasteiger partial charge in [0.1, 0.15) is 5.67 Å². The summed E-state index contributed by atoms with van der Waals surface area (Å²) in [5.74, 6) is -0.166. The Labute approximate surface area is 70.2 Å². The largest absolute Gasteiger partial charge is 0.244 e. The molecule has 0 heterocycles. The molecule has 2 nitrogen and oxygen atoms in total. The monoisotopic (exact) mass is 200 g/mol. The molecule has 1 fully saturated rings. The third kappa shape index (κ3) is 2.95. The van der Waals surface area contributed by atoms with Crippen molar-refractivity contribution in [1.29, 1.82) is 0 Å². The maximum absolute atomic E-state index is 12.8. The third-order valence-electron chi connectivity index (χ3n) is 1.86. The van der Waals surface area contributed by atoms with Gasteiger partial charge in [-0.15, -0.1) is 0 Å². The molecule has 0 N–H and O–H groups in total. The average molecular weight is 201 g/mol. The summed E-state index contributed by atoms with van der Waals surface area (Å²) in [5.41, 5.74) is -1.16. The highest BCUT2D eigenvalue weighted by Crippen LogP contribution is 2.41. The molecular formula is C6H10ClFO2S. The molecule has 1 aliphatic carbocycles. The highest BCUT2D eigenvalue weighted by atomic mass is 35.7. The highest BCUT2D eigenvalue weighted by molar-refractivity contribution is 8.13. The van der Waals surface area contributed by atoms with Crippen LogP contribution < -0.4 is 0 Å². The van der Waals surface area contributed by atoms with E-state index in [0.717, 1.165) is 0 Å². The predicted octanol–water partition coefficient (Wildman–Crippen LogP) is 1.69. The van der Waals surface area contributed by atoms with Gasteiger partial charge in [-0.05, 0) is 25.7 Å². The Morgan fingerprint density at radius 3 is 2.36 bits per heavy atom. The molecule has 0 atom stereocenters. The molecule has 0 spiro atoms. The van der Waals surface area contributed by atoms with Crippen LogP contribution in [0.25, 0.3) is 0 Å². The summed E-state index contributed by atoms with van der Waals surface area (Å²) in [5, 5.41) is 0. The summed E-state index contributed by atoms with van der Waals surface area (Å²) < 4.78 is 33.8. The van der Waals surface area contributed by atoms with Gasteiger partial charge >= 0.3 is 0 Å². The second kappa shape index (κ2) is 2.59. The molecule has 0 aromatic carbocycles. The van der Waals surface area contributed by atoms with E-state index >= 15 is 0 Å². The lowest BCUT2D eigenvalue weighted by Gasteiger charge is -2.37. The highest BCUT2D eigenvalue weighted by Gasteiger charge is 2.41. The number of hydrogen-bond donors (Lipinski definition) is 0. The molecule has 0 amide bonds. The molecule has 0 unspecified atom stereocenters. The summed E-state index contributed by atoms with van der Waals surface area (Å²) in [6, 6.07) is 0. The topological polar surface area (TPSA) is 34.1 Å². The minimum atomic E-state index is -3.43. The van der Waals surface area contributed by atoms with E-state index in [1.807, 2.05) is 0 Å². The molecule has 0 radical (unpaired) electrons. The van der Waals surface area contributed by atoms with E-state index in [1.165, 1.54) is 6.92 Å². The molecular weight excluding hydrogens is 191 g/mol. The van der Waals surface area contributed by atoms with Gasteiger partial charge in [0, 0.05) is 10.7 Å². The number of alkyl halides is 1. The van der Waals surface area contributed by atoms with Crippen LogP contribution >= 0.6 is 10.7 Å². The molecule has 11 heavy (non-hydrogen) atoms. The van der Waals surface area contributed by atoms with Crippen LogP contribution in [0.2, 0.25) is 0 Å². The van der Waals surface area contributed by atoms with Gasteiger partial charge in [-0.2, -0.15) is 0 Å². The van der Waals surface area contributed by atoms with Gasteiger partial charge in [0.05, 0.1) is 5.75 Å². The number of halogens is 2. The quantitative estimate of drug-likeness (QED) is 0.636. The average Bonchev–Trinajstić information content (AvgIpc) is 1.53. The van der Waals surface area contributed by atoms with Crippen molar-refractivity contribution >= 4 is 19.7 Å². The van der Waals surface area contributed by atoms with E-state index < -0.39 is 14.7 Å². The summed E-state index contributed by atoms with van der Waals surface area (Å²) >= 11 is 0. The number of hydrogen-bond acceptors (Lipinski definition) is 2. The molecule has 0 saturated heterocycles. The van der Waals surface area contributed by atoms with E-state index in [0.29, 0.717) is 12.8 Å². The van der Waals surface area contributed by atoms with E-state index in [2.05, 4.69) is 0 Å². The summed E-state index contributed by atoms with van der Waals surface area (Å²) in [4.78, 5) is 0. The van der Waals surface area contributed by atoms with Gasteiger partial charge in [-0.25, -0.2) is 12.8 Å². The molecule has 0 aliphatic heterocycles. The van der Waals surface area contributed by atoms with Crippen molar-refractivity contribution in [3.63, 3.8) is 0 Å². The summed E-state index contributed by atoms with van der Waals surface area (Å²) in [6.07, 6.45) is 0.637. The lowest BCUT2D eigenvalue weighted by atomic mass is 9.75. The smallest absolute Gasteiger partial charge is 0.232 e. The van der Waals surface area contributed by atoms with Crippen LogP contribution in [0.4, 0.5) is 4.39 Å². The maximum Gasteiger partial charge on any atom is 0.232 e. The lowest BCUT2D eigenvalue weighted by molar-refractivity contribution is 0.0364. The Hall–Kier alpha value is 0.170. The number of rotatable bonds is 2. The SMILES string of the molecule is CC1(F)CC(CS(=O)(=O)Cl)C1.